The van der Waals surface area contributed by atoms with Gasteiger partial charge in [-0.3, -0.25) is 4.79 Å². The van der Waals surface area contributed by atoms with Crippen LogP contribution in [0.25, 0.3) is 22.4 Å². The minimum absolute atomic E-state index is 0.0477. The standard InChI is InChI=1S/C14H10BrN3O3/c15-9-7-8-3-1-2-4-10(8)16-13(9)14-17-11(21-18-14)5-6-12(19)20/h1-4,7H,5-6H2,(H,19,20). The van der Waals surface area contributed by atoms with Gasteiger partial charge in [0.2, 0.25) is 11.7 Å². The van der Waals surface area contributed by atoms with Crippen LogP contribution in [0.3, 0.4) is 0 Å². The fourth-order valence-electron chi connectivity index (χ4n) is 1.91. The van der Waals surface area contributed by atoms with Crippen molar-refractivity contribution >= 4 is 32.8 Å². The lowest BCUT2D eigenvalue weighted by molar-refractivity contribution is -0.137. The molecule has 2 heterocycles. The average Bonchev–Trinajstić information content (AvgIpc) is 2.93. The van der Waals surface area contributed by atoms with Crippen LogP contribution >= 0.6 is 15.9 Å². The van der Waals surface area contributed by atoms with Crippen molar-refractivity contribution in [1.29, 1.82) is 0 Å². The van der Waals surface area contributed by atoms with Gasteiger partial charge in [0.15, 0.2) is 0 Å². The van der Waals surface area contributed by atoms with Gasteiger partial charge in [-0.25, -0.2) is 4.98 Å². The number of fused-ring (bicyclic) bond motifs is 1. The highest BCUT2D eigenvalue weighted by Crippen LogP contribution is 2.27. The lowest BCUT2D eigenvalue weighted by Crippen LogP contribution is -1.97. The molecule has 0 bridgehead atoms. The van der Waals surface area contributed by atoms with E-state index in [-0.39, 0.29) is 18.7 Å². The summed E-state index contributed by atoms with van der Waals surface area (Å²) >= 11 is 3.45. The Morgan fingerprint density at radius 1 is 1.29 bits per heavy atom. The minimum atomic E-state index is -0.903. The van der Waals surface area contributed by atoms with Crippen molar-refractivity contribution in [1.82, 2.24) is 15.1 Å². The van der Waals surface area contributed by atoms with Gasteiger partial charge in [0.25, 0.3) is 0 Å². The maximum absolute atomic E-state index is 10.5. The number of nitrogens with zero attached hydrogens (tertiary/aromatic N) is 3. The fraction of sp³-hybridized carbons (Fsp3) is 0.143. The first kappa shape index (κ1) is 13.7. The Morgan fingerprint density at radius 2 is 2.10 bits per heavy atom. The van der Waals surface area contributed by atoms with Gasteiger partial charge in [-0.15, -0.1) is 0 Å². The first-order valence-electron chi connectivity index (χ1n) is 6.23. The molecule has 0 spiro atoms. The zero-order valence-electron chi connectivity index (χ0n) is 10.8. The molecule has 3 aromatic rings. The minimum Gasteiger partial charge on any atom is -0.481 e. The number of carboxylic acid groups (broad SMARTS) is 1. The van der Waals surface area contributed by atoms with E-state index in [1.54, 1.807) is 0 Å². The highest BCUT2D eigenvalue weighted by molar-refractivity contribution is 9.10. The molecule has 0 atom stereocenters. The second-order valence-corrected chi connectivity index (χ2v) is 5.27. The maximum atomic E-state index is 10.5. The summed E-state index contributed by atoms with van der Waals surface area (Å²) in [4.78, 5) is 19.2. The van der Waals surface area contributed by atoms with Crippen LogP contribution in [0, 0.1) is 0 Å². The Kier molecular flexibility index (Phi) is 3.66. The van der Waals surface area contributed by atoms with Crippen molar-refractivity contribution in [3.63, 3.8) is 0 Å². The molecule has 1 aromatic carbocycles. The molecule has 0 aliphatic rings. The van der Waals surface area contributed by atoms with Gasteiger partial charge >= 0.3 is 5.97 Å². The lowest BCUT2D eigenvalue weighted by atomic mass is 10.2. The molecule has 0 saturated carbocycles. The monoisotopic (exact) mass is 347 g/mol. The molecule has 0 unspecified atom stereocenters. The molecule has 7 heteroatoms. The molecule has 0 fully saturated rings. The molecule has 0 aliphatic heterocycles. The third kappa shape index (κ3) is 2.92. The lowest BCUT2D eigenvalue weighted by Gasteiger charge is -2.02. The number of aryl methyl sites for hydroxylation is 1. The number of hydrogen-bond acceptors (Lipinski definition) is 5. The summed E-state index contributed by atoms with van der Waals surface area (Å²) in [7, 11) is 0. The molecular formula is C14H10BrN3O3. The van der Waals surface area contributed by atoms with E-state index in [0.29, 0.717) is 11.5 Å². The number of benzene rings is 1. The Morgan fingerprint density at radius 3 is 2.90 bits per heavy atom. The summed E-state index contributed by atoms with van der Waals surface area (Å²) in [6.45, 7) is 0. The number of hydrogen-bond donors (Lipinski definition) is 1. The Balaban J connectivity index is 1.96. The van der Waals surface area contributed by atoms with E-state index < -0.39 is 5.97 Å². The van der Waals surface area contributed by atoms with E-state index in [4.69, 9.17) is 9.63 Å². The molecule has 3 rings (SSSR count). The Labute approximate surface area is 127 Å². The van der Waals surface area contributed by atoms with Gasteiger partial charge < -0.3 is 9.63 Å². The summed E-state index contributed by atoms with van der Waals surface area (Å²) in [5, 5.41) is 13.5. The summed E-state index contributed by atoms with van der Waals surface area (Å²) in [5.74, 6) is -0.276. The van der Waals surface area contributed by atoms with Crippen LogP contribution in [-0.2, 0) is 11.2 Å². The van der Waals surface area contributed by atoms with Crippen molar-refractivity contribution in [3.8, 4) is 11.5 Å². The van der Waals surface area contributed by atoms with Crippen LogP contribution in [0.4, 0.5) is 0 Å². The van der Waals surface area contributed by atoms with Crippen LogP contribution in [0.1, 0.15) is 12.3 Å². The predicted molar refractivity (Wildman–Crippen MR) is 78.7 cm³/mol. The molecule has 1 N–H and O–H groups in total. The van der Waals surface area contributed by atoms with E-state index in [1.165, 1.54) is 0 Å². The zero-order valence-corrected chi connectivity index (χ0v) is 12.4. The molecule has 106 valence electrons. The zero-order chi connectivity index (χ0) is 14.8. The van der Waals surface area contributed by atoms with E-state index in [9.17, 15) is 4.79 Å². The van der Waals surface area contributed by atoms with Crippen molar-refractivity contribution in [2.24, 2.45) is 0 Å². The first-order valence-corrected chi connectivity index (χ1v) is 7.03. The molecule has 0 aliphatic carbocycles. The van der Waals surface area contributed by atoms with Gasteiger partial charge in [-0.05, 0) is 28.1 Å². The van der Waals surface area contributed by atoms with Crippen LogP contribution in [-0.4, -0.2) is 26.2 Å². The molecule has 0 amide bonds. The van der Waals surface area contributed by atoms with E-state index in [1.807, 2.05) is 30.3 Å². The van der Waals surface area contributed by atoms with Gasteiger partial charge in [-0.2, -0.15) is 4.98 Å². The van der Waals surface area contributed by atoms with Crippen LogP contribution in [0.15, 0.2) is 39.3 Å². The quantitative estimate of drug-likeness (QED) is 0.779. The molecule has 0 saturated heterocycles. The summed E-state index contributed by atoms with van der Waals surface area (Å²) < 4.78 is 5.81. The van der Waals surface area contributed by atoms with Gasteiger partial charge in [0.05, 0.1) is 11.9 Å². The summed E-state index contributed by atoms with van der Waals surface area (Å²) in [6.07, 6.45) is 0.154. The third-order valence-electron chi connectivity index (χ3n) is 2.91. The van der Waals surface area contributed by atoms with Gasteiger partial charge in [-0.1, -0.05) is 23.4 Å². The SMILES string of the molecule is O=C(O)CCc1nc(-c2nc3ccccc3cc2Br)no1. The highest BCUT2D eigenvalue weighted by Gasteiger charge is 2.15. The summed E-state index contributed by atoms with van der Waals surface area (Å²) in [5.41, 5.74) is 1.40. The number of aromatic nitrogens is 3. The predicted octanol–water partition coefficient (Wildman–Crippen LogP) is 3.06. The maximum Gasteiger partial charge on any atom is 0.303 e. The van der Waals surface area contributed by atoms with Crippen molar-refractivity contribution < 1.29 is 14.4 Å². The fourth-order valence-corrected chi connectivity index (χ4v) is 2.43. The number of halogens is 1. The average molecular weight is 348 g/mol. The molecule has 21 heavy (non-hydrogen) atoms. The second kappa shape index (κ2) is 5.61. The summed E-state index contributed by atoms with van der Waals surface area (Å²) in [6, 6.07) is 9.64. The normalized spacial score (nSPS) is 10.9. The van der Waals surface area contributed by atoms with Crippen LogP contribution in [0.2, 0.25) is 0 Å². The van der Waals surface area contributed by atoms with E-state index in [0.717, 1.165) is 15.4 Å². The molecule has 2 aromatic heterocycles. The number of carboxylic acids is 1. The smallest absolute Gasteiger partial charge is 0.303 e. The largest absolute Gasteiger partial charge is 0.481 e. The highest BCUT2D eigenvalue weighted by atomic mass is 79.9. The van der Waals surface area contributed by atoms with Gasteiger partial charge in [0, 0.05) is 16.3 Å². The Bertz CT molecular complexity index is 816. The molecule has 6 nitrogen and oxygen atoms in total. The number of rotatable bonds is 4. The number of aliphatic carboxylic acids is 1. The Hall–Kier alpha value is -2.28. The number of carbonyl (C=O) groups is 1. The van der Waals surface area contributed by atoms with E-state index in [2.05, 4.69) is 31.1 Å². The van der Waals surface area contributed by atoms with Crippen LogP contribution in [0.5, 0.6) is 0 Å². The third-order valence-corrected chi connectivity index (χ3v) is 3.51. The first-order chi connectivity index (χ1) is 10.1. The van der Waals surface area contributed by atoms with E-state index >= 15 is 0 Å². The van der Waals surface area contributed by atoms with Crippen molar-refractivity contribution in [3.05, 3.63) is 40.7 Å². The number of para-hydroxylation sites is 1. The van der Waals surface area contributed by atoms with Gasteiger partial charge in [0.1, 0.15) is 5.69 Å². The van der Waals surface area contributed by atoms with Crippen molar-refractivity contribution in [2.75, 3.05) is 0 Å². The molecular weight excluding hydrogens is 338 g/mol. The number of pyridine rings is 1. The van der Waals surface area contributed by atoms with Crippen molar-refractivity contribution in [2.45, 2.75) is 12.8 Å². The topological polar surface area (TPSA) is 89.1 Å². The second-order valence-electron chi connectivity index (χ2n) is 4.42. The van der Waals surface area contributed by atoms with Crippen LogP contribution < -0.4 is 0 Å². The molecule has 0 radical (unpaired) electrons.